The summed E-state index contributed by atoms with van der Waals surface area (Å²) in [5, 5.41) is 0. The van der Waals surface area contributed by atoms with Gasteiger partial charge in [0.15, 0.2) is 0 Å². The Balaban J connectivity index is 1.38. The van der Waals surface area contributed by atoms with E-state index in [1.165, 1.54) is 5.56 Å². The second-order valence-electron chi connectivity index (χ2n) is 8.61. The van der Waals surface area contributed by atoms with Crippen molar-refractivity contribution in [2.24, 2.45) is 5.92 Å². The van der Waals surface area contributed by atoms with Crippen molar-refractivity contribution in [2.75, 3.05) is 31.1 Å². The van der Waals surface area contributed by atoms with Crippen LogP contribution < -0.4 is 4.90 Å². The van der Waals surface area contributed by atoms with E-state index >= 15 is 0 Å². The SMILES string of the molecule is CC(C)c1ccc(N2C[C@H](C(=O)N3CCC4(CCCO4)CC3)CC2=O)cc1. The van der Waals surface area contributed by atoms with Crippen LogP contribution in [0.4, 0.5) is 5.69 Å². The molecule has 0 N–H and O–H groups in total. The number of hydrogen-bond acceptors (Lipinski definition) is 3. The van der Waals surface area contributed by atoms with Crippen LogP contribution in [0.5, 0.6) is 0 Å². The van der Waals surface area contributed by atoms with Gasteiger partial charge >= 0.3 is 0 Å². The maximum atomic E-state index is 13.0. The molecule has 1 aromatic carbocycles. The van der Waals surface area contributed by atoms with Gasteiger partial charge in [0.2, 0.25) is 11.8 Å². The Morgan fingerprint density at radius 3 is 2.44 bits per heavy atom. The van der Waals surface area contributed by atoms with Crippen molar-refractivity contribution in [3.8, 4) is 0 Å². The van der Waals surface area contributed by atoms with Gasteiger partial charge in [0.05, 0.1) is 11.5 Å². The third-order valence-electron chi connectivity index (χ3n) is 6.52. The molecule has 1 atom stereocenters. The van der Waals surface area contributed by atoms with Crippen LogP contribution in [-0.4, -0.2) is 48.6 Å². The number of likely N-dealkylation sites (tertiary alicyclic amines) is 1. The highest BCUT2D eigenvalue weighted by Gasteiger charge is 2.42. The molecule has 3 saturated heterocycles. The van der Waals surface area contributed by atoms with Gasteiger partial charge in [-0.1, -0.05) is 26.0 Å². The first-order chi connectivity index (χ1) is 13.0. The van der Waals surface area contributed by atoms with Gasteiger partial charge in [-0.15, -0.1) is 0 Å². The Morgan fingerprint density at radius 2 is 1.85 bits per heavy atom. The molecule has 0 aromatic heterocycles. The number of ether oxygens (including phenoxy) is 1. The van der Waals surface area contributed by atoms with E-state index in [-0.39, 0.29) is 23.3 Å². The number of carbonyl (C=O) groups is 2. The monoisotopic (exact) mass is 370 g/mol. The second-order valence-corrected chi connectivity index (χ2v) is 8.61. The molecule has 1 spiro atoms. The van der Waals surface area contributed by atoms with Crippen molar-refractivity contribution < 1.29 is 14.3 Å². The van der Waals surface area contributed by atoms with Gasteiger partial charge in [-0.25, -0.2) is 0 Å². The van der Waals surface area contributed by atoms with E-state index in [1.807, 2.05) is 17.0 Å². The molecule has 0 aliphatic carbocycles. The Bertz CT molecular complexity index is 697. The summed E-state index contributed by atoms with van der Waals surface area (Å²) in [6.45, 7) is 7.18. The van der Waals surface area contributed by atoms with E-state index in [9.17, 15) is 9.59 Å². The number of amides is 2. The molecule has 5 nitrogen and oxygen atoms in total. The molecule has 2 amide bonds. The Kier molecular flexibility index (Phi) is 4.97. The molecular weight excluding hydrogens is 340 g/mol. The zero-order valence-electron chi connectivity index (χ0n) is 16.4. The lowest BCUT2D eigenvalue weighted by atomic mass is 9.88. The van der Waals surface area contributed by atoms with Gasteiger partial charge < -0.3 is 14.5 Å². The largest absolute Gasteiger partial charge is 0.375 e. The average molecular weight is 370 g/mol. The van der Waals surface area contributed by atoms with Crippen molar-refractivity contribution in [3.05, 3.63) is 29.8 Å². The number of piperidine rings is 1. The minimum Gasteiger partial charge on any atom is -0.375 e. The number of rotatable bonds is 3. The highest BCUT2D eigenvalue weighted by Crippen LogP contribution is 2.36. The van der Waals surface area contributed by atoms with E-state index in [4.69, 9.17) is 4.74 Å². The van der Waals surface area contributed by atoms with Gasteiger partial charge in [-0.2, -0.15) is 0 Å². The maximum Gasteiger partial charge on any atom is 0.228 e. The van der Waals surface area contributed by atoms with Crippen LogP contribution in [0.1, 0.15) is 57.4 Å². The zero-order chi connectivity index (χ0) is 19.0. The fourth-order valence-electron chi connectivity index (χ4n) is 4.70. The summed E-state index contributed by atoms with van der Waals surface area (Å²) in [6.07, 6.45) is 4.44. The topological polar surface area (TPSA) is 49.9 Å². The van der Waals surface area contributed by atoms with Crippen molar-refractivity contribution in [1.82, 2.24) is 4.90 Å². The fourth-order valence-corrected chi connectivity index (χ4v) is 4.70. The van der Waals surface area contributed by atoms with Crippen molar-refractivity contribution in [2.45, 2.75) is 57.5 Å². The lowest BCUT2D eigenvalue weighted by molar-refractivity contribution is -0.140. The first-order valence-electron chi connectivity index (χ1n) is 10.3. The number of anilines is 1. The van der Waals surface area contributed by atoms with Crippen LogP contribution >= 0.6 is 0 Å². The van der Waals surface area contributed by atoms with E-state index in [1.54, 1.807) is 4.90 Å². The van der Waals surface area contributed by atoms with Crippen LogP contribution in [-0.2, 0) is 14.3 Å². The number of carbonyl (C=O) groups excluding carboxylic acids is 2. The average Bonchev–Trinajstić information content (AvgIpc) is 3.29. The quantitative estimate of drug-likeness (QED) is 0.820. The summed E-state index contributed by atoms with van der Waals surface area (Å²) < 4.78 is 5.95. The third kappa shape index (κ3) is 3.62. The minimum atomic E-state index is -0.221. The van der Waals surface area contributed by atoms with Crippen molar-refractivity contribution in [3.63, 3.8) is 0 Å². The molecule has 3 aliphatic rings. The smallest absolute Gasteiger partial charge is 0.228 e. The van der Waals surface area contributed by atoms with Gasteiger partial charge in [-0.3, -0.25) is 9.59 Å². The van der Waals surface area contributed by atoms with Crippen LogP contribution in [0.15, 0.2) is 24.3 Å². The van der Waals surface area contributed by atoms with Gasteiger partial charge in [0.1, 0.15) is 0 Å². The Labute approximate surface area is 161 Å². The molecule has 4 rings (SSSR count). The van der Waals surface area contributed by atoms with E-state index in [0.717, 1.165) is 51.1 Å². The van der Waals surface area contributed by atoms with Crippen LogP contribution in [0.2, 0.25) is 0 Å². The molecule has 0 saturated carbocycles. The molecule has 0 bridgehead atoms. The number of nitrogens with zero attached hydrogens (tertiary/aromatic N) is 2. The predicted octanol–water partition coefficient (Wildman–Crippen LogP) is 3.33. The minimum absolute atomic E-state index is 0.0203. The summed E-state index contributed by atoms with van der Waals surface area (Å²) in [6, 6.07) is 8.16. The van der Waals surface area contributed by atoms with Gasteiger partial charge in [0.25, 0.3) is 0 Å². The summed E-state index contributed by atoms with van der Waals surface area (Å²) in [7, 11) is 0. The lowest BCUT2D eigenvalue weighted by Crippen LogP contribution is -2.48. The molecule has 0 unspecified atom stereocenters. The highest BCUT2D eigenvalue weighted by atomic mass is 16.5. The predicted molar refractivity (Wildman–Crippen MR) is 105 cm³/mol. The van der Waals surface area contributed by atoms with E-state index in [0.29, 0.717) is 18.9 Å². The van der Waals surface area contributed by atoms with Gasteiger partial charge in [0, 0.05) is 38.3 Å². The van der Waals surface area contributed by atoms with Crippen LogP contribution in [0, 0.1) is 5.92 Å². The first kappa shape index (κ1) is 18.5. The number of benzene rings is 1. The summed E-state index contributed by atoms with van der Waals surface area (Å²) in [4.78, 5) is 29.2. The Morgan fingerprint density at radius 1 is 1.15 bits per heavy atom. The van der Waals surface area contributed by atoms with Crippen LogP contribution in [0.3, 0.4) is 0 Å². The molecule has 146 valence electrons. The summed E-state index contributed by atoms with van der Waals surface area (Å²) in [5.74, 6) is 0.436. The van der Waals surface area contributed by atoms with Crippen molar-refractivity contribution >= 4 is 17.5 Å². The van der Waals surface area contributed by atoms with Crippen LogP contribution in [0.25, 0.3) is 0 Å². The van der Waals surface area contributed by atoms with Crippen molar-refractivity contribution in [1.29, 1.82) is 0 Å². The third-order valence-corrected chi connectivity index (χ3v) is 6.52. The highest BCUT2D eigenvalue weighted by molar-refractivity contribution is 6.00. The number of hydrogen-bond donors (Lipinski definition) is 0. The molecule has 5 heteroatoms. The van der Waals surface area contributed by atoms with E-state index in [2.05, 4.69) is 26.0 Å². The lowest BCUT2D eigenvalue weighted by Gasteiger charge is -2.39. The summed E-state index contributed by atoms with van der Waals surface area (Å²) in [5.41, 5.74) is 2.18. The molecule has 3 aliphatic heterocycles. The maximum absolute atomic E-state index is 13.0. The fraction of sp³-hybridized carbons (Fsp3) is 0.636. The Hall–Kier alpha value is -1.88. The molecule has 1 aromatic rings. The first-order valence-corrected chi connectivity index (χ1v) is 10.3. The molecule has 0 radical (unpaired) electrons. The zero-order valence-corrected chi connectivity index (χ0v) is 16.4. The standard InChI is InChI=1S/C22H30N2O3/c1-16(2)17-4-6-19(7-5-17)24-15-18(14-20(24)25)21(26)23-11-9-22(10-12-23)8-3-13-27-22/h4-7,16,18H,3,8-15H2,1-2H3/t18-/m1/s1. The molecule has 3 heterocycles. The normalized spacial score (nSPS) is 25.0. The van der Waals surface area contributed by atoms with Gasteiger partial charge in [-0.05, 0) is 49.3 Å². The molecule has 3 fully saturated rings. The molecular formula is C22H30N2O3. The second kappa shape index (κ2) is 7.27. The van der Waals surface area contributed by atoms with E-state index < -0.39 is 0 Å². The molecule has 27 heavy (non-hydrogen) atoms. The summed E-state index contributed by atoms with van der Waals surface area (Å²) >= 11 is 0.